The molecule has 1 atom stereocenters. The molecule has 0 radical (unpaired) electrons. The Morgan fingerprint density at radius 2 is 1.29 bits per heavy atom. The summed E-state index contributed by atoms with van der Waals surface area (Å²) in [5.74, 6) is 0.709. The van der Waals surface area contributed by atoms with Crippen molar-refractivity contribution in [3.63, 3.8) is 0 Å². The van der Waals surface area contributed by atoms with Crippen LogP contribution in [0.4, 0.5) is 13.2 Å². The molecule has 0 spiro atoms. The summed E-state index contributed by atoms with van der Waals surface area (Å²) < 4.78 is 48.2. The monoisotopic (exact) mass is 296 g/mol. The van der Waals surface area contributed by atoms with Crippen molar-refractivity contribution >= 4 is 0 Å². The highest BCUT2D eigenvalue weighted by Gasteiger charge is 2.30. The Bertz CT molecular complexity index is 574. The van der Waals surface area contributed by atoms with Crippen molar-refractivity contribution in [1.29, 1.82) is 0 Å². The molecule has 2 aromatic carbocycles. The van der Waals surface area contributed by atoms with Crippen LogP contribution >= 0.6 is 0 Å². The molecule has 0 aromatic heterocycles. The summed E-state index contributed by atoms with van der Waals surface area (Å²) in [6, 6.07) is 12.2. The van der Waals surface area contributed by atoms with E-state index in [2.05, 4.69) is 0 Å². The standard InChI is InChI=1S/C16H15F3O2/c1-20-14-9-5-12(6-10-14)15(21-2)11-3-7-13(8-4-11)16(17,18)19/h3-10,15H,1-2H3. The highest BCUT2D eigenvalue weighted by Crippen LogP contribution is 2.32. The highest BCUT2D eigenvalue weighted by molar-refractivity contribution is 5.35. The second kappa shape index (κ2) is 6.18. The Morgan fingerprint density at radius 1 is 0.810 bits per heavy atom. The van der Waals surface area contributed by atoms with Crippen LogP contribution in [0.15, 0.2) is 48.5 Å². The zero-order valence-corrected chi connectivity index (χ0v) is 11.6. The lowest BCUT2D eigenvalue weighted by molar-refractivity contribution is -0.137. The lowest BCUT2D eigenvalue weighted by atomic mass is 10.00. The quantitative estimate of drug-likeness (QED) is 0.830. The zero-order valence-electron chi connectivity index (χ0n) is 11.6. The van der Waals surface area contributed by atoms with Gasteiger partial charge >= 0.3 is 6.18 Å². The fourth-order valence-electron chi connectivity index (χ4n) is 2.09. The van der Waals surface area contributed by atoms with Crippen LogP contribution in [-0.4, -0.2) is 14.2 Å². The van der Waals surface area contributed by atoms with Crippen LogP contribution in [0.2, 0.25) is 0 Å². The molecule has 5 heteroatoms. The van der Waals surface area contributed by atoms with Crippen LogP contribution in [0.1, 0.15) is 22.8 Å². The molecular weight excluding hydrogens is 281 g/mol. The molecule has 0 fully saturated rings. The van der Waals surface area contributed by atoms with Gasteiger partial charge < -0.3 is 9.47 Å². The van der Waals surface area contributed by atoms with Gasteiger partial charge in [-0.15, -0.1) is 0 Å². The summed E-state index contributed by atoms with van der Waals surface area (Å²) >= 11 is 0. The van der Waals surface area contributed by atoms with E-state index in [0.29, 0.717) is 11.3 Å². The van der Waals surface area contributed by atoms with Gasteiger partial charge in [-0.3, -0.25) is 0 Å². The summed E-state index contributed by atoms with van der Waals surface area (Å²) in [5, 5.41) is 0. The van der Waals surface area contributed by atoms with E-state index in [0.717, 1.165) is 17.7 Å². The molecule has 21 heavy (non-hydrogen) atoms. The van der Waals surface area contributed by atoms with Gasteiger partial charge in [0.15, 0.2) is 0 Å². The van der Waals surface area contributed by atoms with Crippen molar-refractivity contribution in [2.45, 2.75) is 12.3 Å². The number of hydrogen-bond donors (Lipinski definition) is 0. The smallest absolute Gasteiger partial charge is 0.416 e. The maximum atomic E-state index is 12.6. The molecule has 2 rings (SSSR count). The average molecular weight is 296 g/mol. The van der Waals surface area contributed by atoms with Crippen molar-refractivity contribution in [1.82, 2.24) is 0 Å². The molecule has 0 amide bonds. The molecule has 2 aromatic rings. The van der Waals surface area contributed by atoms with Gasteiger partial charge in [0.05, 0.1) is 12.7 Å². The second-order valence-corrected chi connectivity index (χ2v) is 4.51. The topological polar surface area (TPSA) is 18.5 Å². The molecule has 1 unspecified atom stereocenters. The molecule has 0 heterocycles. The third-order valence-corrected chi connectivity index (χ3v) is 3.20. The Kier molecular flexibility index (Phi) is 4.53. The fourth-order valence-corrected chi connectivity index (χ4v) is 2.09. The van der Waals surface area contributed by atoms with Gasteiger partial charge in [-0.1, -0.05) is 24.3 Å². The molecule has 0 saturated heterocycles. The molecule has 0 saturated carbocycles. The average Bonchev–Trinajstić information content (AvgIpc) is 2.48. The summed E-state index contributed by atoms with van der Waals surface area (Å²) in [6.45, 7) is 0. The molecule has 0 bridgehead atoms. The molecule has 0 N–H and O–H groups in total. The van der Waals surface area contributed by atoms with Crippen molar-refractivity contribution in [3.8, 4) is 5.75 Å². The van der Waals surface area contributed by atoms with E-state index >= 15 is 0 Å². The van der Waals surface area contributed by atoms with Gasteiger partial charge in [0, 0.05) is 7.11 Å². The molecule has 2 nitrogen and oxygen atoms in total. The number of methoxy groups -OCH3 is 2. The van der Waals surface area contributed by atoms with Crippen LogP contribution in [0.25, 0.3) is 0 Å². The van der Waals surface area contributed by atoms with Crippen LogP contribution in [0.5, 0.6) is 5.75 Å². The largest absolute Gasteiger partial charge is 0.497 e. The van der Waals surface area contributed by atoms with Crippen molar-refractivity contribution in [3.05, 3.63) is 65.2 Å². The lowest BCUT2D eigenvalue weighted by Gasteiger charge is -2.17. The van der Waals surface area contributed by atoms with Gasteiger partial charge in [-0.05, 0) is 35.4 Å². The van der Waals surface area contributed by atoms with E-state index in [4.69, 9.17) is 9.47 Å². The van der Waals surface area contributed by atoms with Crippen molar-refractivity contribution in [2.24, 2.45) is 0 Å². The number of benzene rings is 2. The third-order valence-electron chi connectivity index (χ3n) is 3.20. The number of ether oxygens (including phenoxy) is 2. The molecule has 112 valence electrons. The predicted octanol–water partition coefficient (Wildman–Crippen LogP) is 4.45. The van der Waals surface area contributed by atoms with E-state index in [1.165, 1.54) is 19.2 Å². The Hall–Kier alpha value is -2.01. The lowest BCUT2D eigenvalue weighted by Crippen LogP contribution is -2.07. The molecule has 0 aliphatic heterocycles. The van der Waals surface area contributed by atoms with E-state index in [1.54, 1.807) is 19.2 Å². The SMILES string of the molecule is COc1ccc(C(OC)c2ccc(C(F)(F)F)cc2)cc1. The normalized spacial score (nSPS) is 13.0. The summed E-state index contributed by atoms with van der Waals surface area (Å²) in [7, 11) is 3.09. The van der Waals surface area contributed by atoms with Gasteiger partial charge in [0.1, 0.15) is 11.9 Å². The molecule has 0 aliphatic carbocycles. The number of hydrogen-bond acceptors (Lipinski definition) is 2. The minimum Gasteiger partial charge on any atom is -0.497 e. The van der Waals surface area contributed by atoms with Gasteiger partial charge in [-0.25, -0.2) is 0 Å². The predicted molar refractivity (Wildman–Crippen MR) is 73.3 cm³/mol. The van der Waals surface area contributed by atoms with Gasteiger partial charge in [0.2, 0.25) is 0 Å². The first kappa shape index (κ1) is 15.4. The zero-order chi connectivity index (χ0) is 15.5. The Labute approximate surface area is 121 Å². The third kappa shape index (κ3) is 3.55. The summed E-state index contributed by atoms with van der Waals surface area (Å²) in [6.07, 6.45) is -4.75. The Morgan fingerprint density at radius 3 is 1.67 bits per heavy atom. The minimum atomic E-state index is -4.33. The number of alkyl halides is 3. The van der Waals surface area contributed by atoms with Crippen LogP contribution in [-0.2, 0) is 10.9 Å². The highest BCUT2D eigenvalue weighted by atomic mass is 19.4. The fraction of sp³-hybridized carbons (Fsp3) is 0.250. The van der Waals surface area contributed by atoms with E-state index in [1.807, 2.05) is 12.1 Å². The van der Waals surface area contributed by atoms with Crippen molar-refractivity contribution in [2.75, 3.05) is 14.2 Å². The van der Waals surface area contributed by atoms with Gasteiger partial charge in [-0.2, -0.15) is 13.2 Å². The van der Waals surface area contributed by atoms with Gasteiger partial charge in [0.25, 0.3) is 0 Å². The molecular formula is C16H15F3O2. The first-order valence-electron chi connectivity index (χ1n) is 6.29. The second-order valence-electron chi connectivity index (χ2n) is 4.51. The Balaban J connectivity index is 2.28. The van der Waals surface area contributed by atoms with Crippen LogP contribution in [0.3, 0.4) is 0 Å². The summed E-state index contributed by atoms with van der Waals surface area (Å²) in [5.41, 5.74) is 0.838. The van der Waals surface area contributed by atoms with E-state index < -0.39 is 17.8 Å². The molecule has 0 aliphatic rings. The maximum Gasteiger partial charge on any atom is 0.416 e. The van der Waals surface area contributed by atoms with E-state index in [9.17, 15) is 13.2 Å². The number of rotatable bonds is 4. The van der Waals surface area contributed by atoms with E-state index in [-0.39, 0.29) is 0 Å². The first-order valence-corrected chi connectivity index (χ1v) is 6.29. The van der Waals surface area contributed by atoms with Crippen LogP contribution < -0.4 is 4.74 Å². The van der Waals surface area contributed by atoms with Crippen molar-refractivity contribution < 1.29 is 22.6 Å². The van der Waals surface area contributed by atoms with Crippen LogP contribution in [0, 0.1) is 0 Å². The number of halogens is 3. The maximum absolute atomic E-state index is 12.6. The first-order chi connectivity index (χ1) is 9.95. The summed E-state index contributed by atoms with van der Waals surface area (Å²) in [4.78, 5) is 0. The minimum absolute atomic E-state index is 0.418.